The Morgan fingerprint density at radius 3 is 0.707 bits per heavy atom. The smallest absolute Gasteiger partial charge is 0.501 e. The van der Waals surface area contributed by atoms with Crippen molar-refractivity contribution in [1.29, 1.82) is 0 Å². The molecule has 0 unspecified atom stereocenters. The van der Waals surface area contributed by atoms with Gasteiger partial charge in [0, 0.05) is 19.8 Å². The monoisotopic (exact) mass is 1590 g/mol. The Morgan fingerprint density at radius 2 is 0.543 bits per heavy atom. The summed E-state index contributed by atoms with van der Waals surface area (Å²) in [5, 5.41) is 0. The van der Waals surface area contributed by atoms with Crippen LogP contribution in [0.1, 0.15) is 0 Å². The second kappa shape index (κ2) is 38.5. The number of hydrogen-bond donors (Lipinski definition) is 0. The molecule has 1 heterocycles. The number of halogens is 4. The molecular formula is C47H136Cl4N30OP10. The van der Waals surface area contributed by atoms with Crippen LogP contribution in [-0.2, 0) is 4.57 Å². The summed E-state index contributed by atoms with van der Waals surface area (Å²) < 4.78 is 102. The molecule has 0 bridgehead atoms. The molecule has 1 aliphatic rings. The summed E-state index contributed by atoms with van der Waals surface area (Å²) in [6.45, 7) is 3.41. The van der Waals surface area contributed by atoms with Crippen LogP contribution < -0.4 is 12.4 Å². The Labute approximate surface area is 588 Å². The molecule has 1 saturated heterocycles. The summed E-state index contributed by atoms with van der Waals surface area (Å²) in [6, 6.07) is 0. The summed E-state index contributed by atoms with van der Waals surface area (Å²) in [5.41, 5.74) is 0. The number of hydrogen-bond acceptors (Lipinski definition) is 7. The van der Waals surface area contributed by atoms with Gasteiger partial charge < -0.3 is 12.4 Å². The van der Waals surface area contributed by atoms with Gasteiger partial charge in [0.2, 0.25) is 26.3 Å². The van der Waals surface area contributed by atoms with Crippen molar-refractivity contribution in [2.24, 2.45) is 36.1 Å². The lowest BCUT2D eigenvalue weighted by molar-refractivity contribution is -0.0000232. The molecule has 1 aliphatic heterocycles. The van der Waals surface area contributed by atoms with Gasteiger partial charge in [-0.3, -0.25) is 61.1 Å². The highest BCUT2D eigenvalue weighted by atomic mass is 35.7. The Morgan fingerprint density at radius 1 is 0.315 bits per heavy atom. The highest BCUT2D eigenvalue weighted by Gasteiger charge is 2.55. The van der Waals surface area contributed by atoms with E-state index in [1.165, 1.54) is 0 Å². The van der Waals surface area contributed by atoms with Gasteiger partial charge in [-0.15, -0.1) is 0 Å². The topological polar surface area (TPSA) is 187 Å². The lowest BCUT2D eigenvalue weighted by Gasteiger charge is -2.45. The maximum absolute atomic E-state index is 14.9. The van der Waals surface area contributed by atoms with E-state index >= 15 is 0 Å². The minimum Gasteiger partial charge on any atom is -1.00 e. The summed E-state index contributed by atoms with van der Waals surface area (Å²) in [4.78, 5) is 3.80. The number of rotatable bonds is 28. The first-order chi connectivity index (χ1) is 40.6. The first-order valence-corrected chi connectivity index (χ1v) is 47.8. The van der Waals surface area contributed by atoms with Gasteiger partial charge in [-0.25, -0.2) is 46.7 Å². The Kier molecular flexibility index (Phi) is 41.4. The summed E-state index contributed by atoms with van der Waals surface area (Å²) in [7, 11) is 59.0. The molecule has 0 amide bonds. The van der Waals surface area contributed by atoms with E-state index < -0.39 is 79.0 Å². The Bertz CT molecular complexity index is 2510. The summed E-state index contributed by atoms with van der Waals surface area (Å²) in [5.74, 6) is 0. The van der Waals surface area contributed by atoms with Crippen LogP contribution in [0.3, 0.4) is 0 Å². The van der Waals surface area contributed by atoms with Crippen LogP contribution in [0.2, 0.25) is 0 Å². The van der Waals surface area contributed by atoms with Crippen molar-refractivity contribution in [2.45, 2.75) is 4.58 Å². The van der Waals surface area contributed by atoms with Crippen LogP contribution in [0.5, 0.6) is 0 Å². The van der Waals surface area contributed by atoms with E-state index in [9.17, 15) is 4.57 Å². The van der Waals surface area contributed by atoms with Crippen LogP contribution >= 0.6 is 109 Å². The third-order valence-electron chi connectivity index (χ3n) is 15.2. The van der Waals surface area contributed by atoms with Crippen molar-refractivity contribution in [3.8, 4) is 0 Å². The summed E-state index contributed by atoms with van der Waals surface area (Å²) >= 11 is 19.4. The average molecular weight is 1590 g/mol. The van der Waals surface area contributed by atoms with E-state index in [2.05, 4.69) is 201 Å². The van der Waals surface area contributed by atoms with Gasteiger partial charge in [-0.1, -0.05) is 23.2 Å². The molecule has 0 saturated carbocycles. The molecule has 0 aromatic carbocycles. The van der Waals surface area contributed by atoms with Crippen molar-refractivity contribution >= 4 is 109 Å². The van der Waals surface area contributed by atoms with Crippen LogP contribution in [-0.4, -0.2) is 430 Å². The zero-order valence-corrected chi connectivity index (χ0v) is 77.7. The molecular weight excluding hydrogens is 1450 g/mol. The normalized spacial score (nSPS) is 16.1. The van der Waals surface area contributed by atoms with Gasteiger partial charge in [0.15, 0.2) is 15.0 Å². The predicted molar refractivity (Wildman–Crippen MR) is 420 cm³/mol. The Balaban J connectivity index is -0.00000149. The molecule has 0 aromatic heterocycles. The van der Waals surface area contributed by atoms with Crippen molar-refractivity contribution in [3.05, 3.63) is 0 Å². The van der Waals surface area contributed by atoms with E-state index in [-0.39, 0.29) is 12.4 Å². The SMILES string of the molecule is CN(C)P(=O)(N=P(N=P(C)(N(C)C)N(C)C)(N=P(N(C)C)(N(C)C)N(C)C)N=P(N(C)C)(N(C)C)N(C)C)N(C)C.CN(C)P(C)(=N[P+](N=P(Cl)(N(C)C)N(C)C)(N=P(N(C)C)(N(C)C)N(C)C)N=P(N(C)C)(N(C)C)N(C)C)N(C)C.CN1CCN(C)C1(Cl)Cl.[Cl-]. The fourth-order valence-electron chi connectivity index (χ4n) is 9.81. The highest BCUT2D eigenvalue weighted by molar-refractivity contribution is 7.95. The largest absolute Gasteiger partial charge is 1.00 e. The second-order valence-electron chi connectivity index (χ2n) is 26.0. The van der Waals surface area contributed by atoms with Crippen LogP contribution in [0.25, 0.3) is 0 Å². The lowest BCUT2D eigenvalue weighted by Crippen LogP contribution is -3.00. The van der Waals surface area contributed by atoms with Crippen LogP contribution in [0, 0.1) is 0 Å². The molecule has 0 aromatic rings. The van der Waals surface area contributed by atoms with Crippen molar-refractivity contribution in [2.75, 3.05) is 322 Å². The number of nitrogens with zero attached hydrogens (tertiary/aromatic N) is 30. The van der Waals surface area contributed by atoms with Gasteiger partial charge in [-0.2, -0.15) is 18.1 Å². The molecule has 1 fully saturated rings. The fraction of sp³-hybridized carbons (Fsp3) is 1.00. The number of likely N-dealkylation sites (N-methyl/N-ethyl adjacent to an activating group) is 2. The molecule has 0 radical (unpaired) electrons. The molecule has 558 valence electrons. The van der Waals surface area contributed by atoms with Crippen molar-refractivity contribution in [1.82, 2.24) is 103 Å². The quantitative estimate of drug-likeness (QED) is 0.0409. The molecule has 0 spiro atoms. The molecule has 0 atom stereocenters. The van der Waals surface area contributed by atoms with Gasteiger partial charge in [0.1, 0.15) is 14.7 Å². The third-order valence-corrected chi connectivity index (χ3v) is 57.9. The highest BCUT2D eigenvalue weighted by Crippen LogP contribution is 2.87. The molecule has 0 aliphatic carbocycles. The average Bonchev–Trinajstić information content (AvgIpc) is 3.61. The summed E-state index contributed by atoms with van der Waals surface area (Å²) in [6.07, 6.45) is 0. The minimum atomic E-state index is -3.55. The maximum Gasteiger partial charge on any atom is 0.501 e. The molecule has 45 heteroatoms. The minimum absolute atomic E-state index is 0. The number of alkyl halides is 2. The van der Waals surface area contributed by atoms with Crippen molar-refractivity contribution < 1.29 is 17.0 Å². The fourth-order valence-corrected chi connectivity index (χ4v) is 52.1. The van der Waals surface area contributed by atoms with E-state index in [0.29, 0.717) is 0 Å². The van der Waals surface area contributed by atoms with Gasteiger partial charge in [0.25, 0.3) is 0 Å². The van der Waals surface area contributed by atoms with Gasteiger partial charge in [0.05, 0.1) is 0 Å². The lowest BCUT2D eigenvalue weighted by atomic mass is 10.6. The van der Waals surface area contributed by atoms with Crippen LogP contribution in [0.15, 0.2) is 36.1 Å². The van der Waals surface area contributed by atoms with E-state index in [1.807, 2.05) is 174 Å². The molecule has 31 nitrogen and oxygen atoms in total. The first-order valence-electron chi connectivity index (χ1n) is 29.2. The molecule has 92 heavy (non-hydrogen) atoms. The van der Waals surface area contributed by atoms with E-state index in [1.54, 1.807) is 37.5 Å². The Hall–Kier alpha value is 2.78. The van der Waals surface area contributed by atoms with E-state index in [4.69, 9.17) is 70.6 Å². The third kappa shape index (κ3) is 22.2. The zero-order chi connectivity index (χ0) is 73.3. The van der Waals surface area contributed by atoms with Gasteiger partial charge in [-0.05, 0) is 332 Å². The standard InChI is InChI=1S/C21H63ClN14P5.C21H63N14OP5.C5H10Cl2N2.ClH/c1-27(2)37(21,28(3)4)23-39(24-38(22,29(5)6)30(7)8,25-40(31(9)10,32(11)12)33(13)14)26-41(34(15)16,35(17)18)36(19)20;1-26(2)37(21,27(3)4)22-38(25-41(36,34(17)18)35(19)20,23-39(28(5)6,29(7)8)30(9)10)24-40(31(11)12,32(13)14)33(15)16;1-8-3-4-9(2)5(8,6)7;/h2*1-21H3;3-4H2,1-2H3;1H/q+1;;;/p-1. The second-order valence-corrected chi connectivity index (χ2v) is 62.2. The first kappa shape index (κ1) is 99.0. The molecule has 0 N–H and O–H groups in total. The molecule has 1 rings (SSSR count). The van der Waals surface area contributed by atoms with Crippen molar-refractivity contribution in [3.63, 3.8) is 0 Å². The predicted octanol–water partition coefficient (Wildman–Crippen LogP) is 9.19. The van der Waals surface area contributed by atoms with Gasteiger partial charge >= 0.3 is 23.0 Å². The van der Waals surface area contributed by atoms with E-state index in [0.717, 1.165) is 13.1 Å². The maximum atomic E-state index is 14.9. The zero-order valence-electron chi connectivity index (χ0n) is 65.7. The van der Waals surface area contributed by atoms with Crippen LogP contribution in [0.4, 0.5) is 0 Å².